The van der Waals surface area contributed by atoms with Crippen molar-refractivity contribution in [2.45, 2.75) is 10.2 Å². The van der Waals surface area contributed by atoms with E-state index in [4.69, 9.17) is 5.73 Å². The van der Waals surface area contributed by atoms with Crippen molar-refractivity contribution in [1.29, 1.82) is 0 Å². The van der Waals surface area contributed by atoms with Crippen LogP contribution in [0.3, 0.4) is 0 Å². The Morgan fingerprint density at radius 2 is 1.95 bits per heavy atom. The Morgan fingerprint density at radius 3 is 2.90 bits per heavy atom. The molecular formula is C16H12N4S. The summed E-state index contributed by atoms with van der Waals surface area (Å²) < 4.78 is 0. The zero-order chi connectivity index (χ0) is 14.2. The lowest BCUT2D eigenvalue weighted by Crippen LogP contribution is -1.83. The third kappa shape index (κ3) is 2.21. The zero-order valence-corrected chi connectivity index (χ0v) is 11.9. The van der Waals surface area contributed by atoms with E-state index in [0.29, 0.717) is 0 Å². The van der Waals surface area contributed by atoms with Gasteiger partial charge in [0, 0.05) is 17.3 Å². The summed E-state index contributed by atoms with van der Waals surface area (Å²) in [5, 5.41) is 4.07. The smallest absolute Gasteiger partial charge is 0.172 e. The van der Waals surface area contributed by atoms with Crippen molar-refractivity contribution >= 4 is 39.3 Å². The molecule has 0 atom stereocenters. The van der Waals surface area contributed by atoms with Crippen LogP contribution < -0.4 is 5.73 Å². The highest BCUT2D eigenvalue weighted by molar-refractivity contribution is 7.99. The minimum absolute atomic E-state index is 0.728. The molecule has 4 rings (SSSR count). The Morgan fingerprint density at radius 1 is 1.05 bits per heavy atom. The number of anilines is 1. The van der Waals surface area contributed by atoms with E-state index in [0.717, 1.165) is 32.3 Å². The summed E-state index contributed by atoms with van der Waals surface area (Å²) in [4.78, 5) is 12.3. The van der Waals surface area contributed by atoms with Crippen LogP contribution in [0.2, 0.25) is 0 Å². The Balaban J connectivity index is 1.79. The predicted octanol–water partition coefficient (Wildman–Crippen LogP) is 3.84. The number of rotatable bonds is 2. The molecule has 4 nitrogen and oxygen atoms in total. The standard InChI is InChI=1S/C16H12N4S/c17-11-5-6-13-14(9-11)20-16(19-13)21-15-12-4-2-1-3-10(12)7-8-18-15/h1-9H,17H2,(H,19,20). The third-order valence-electron chi connectivity index (χ3n) is 3.31. The molecule has 0 saturated heterocycles. The summed E-state index contributed by atoms with van der Waals surface area (Å²) in [7, 11) is 0. The minimum Gasteiger partial charge on any atom is -0.399 e. The molecule has 0 unspecified atom stereocenters. The minimum atomic E-state index is 0.728. The number of nitrogens with one attached hydrogen (secondary N) is 1. The number of imidazole rings is 1. The number of nitrogens with zero attached hydrogens (tertiary/aromatic N) is 2. The topological polar surface area (TPSA) is 67.6 Å². The Bertz CT molecular complexity index is 940. The van der Waals surface area contributed by atoms with Crippen LogP contribution in [-0.2, 0) is 0 Å². The number of H-pyrrole nitrogens is 1. The predicted molar refractivity (Wildman–Crippen MR) is 86.4 cm³/mol. The molecule has 102 valence electrons. The van der Waals surface area contributed by atoms with Crippen molar-refractivity contribution in [3.05, 3.63) is 54.7 Å². The highest BCUT2D eigenvalue weighted by Gasteiger charge is 2.08. The van der Waals surface area contributed by atoms with Crippen molar-refractivity contribution in [2.75, 3.05) is 5.73 Å². The van der Waals surface area contributed by atoms with Crippen LogP contribution in [0.25, 0.3) is 21.8 Å². The van der Waals surface area contributed by atoms with Gasteiger partial charge in [-0.05, 0) is 41.4 Å². The first-order valence-electron chi connectivity index (χ1n) is 6.56. The van der Waals surface area contributed by atoms with Crippen LogP contribution in [0.4, 0.5) is 5.69 Å². The van der Waals surface area contributed by atoms with E-state index in [1.807, 2.05) is 42.6 Å². The number of hydrogen-bond donors (Lipinski definition) is 2. The van der Waals surface area contributed by atoms with E-state index < -0.39 is 0 Å². The largest absolute Gasteiger partial charge is 0.399 e. The summed E-state index contributed by atoms with van der Waals surface area (Å²) in [6, 6.07) is 15.9. The van der Waals surface area contributed by atoms with Gasteiger partial charge in [-0.1, -0.05) is 24.3 Å². The van der Waals surface area contributed by atoms with Crippen LogP contribution in [0.1, 0.15) is 0 Å². The Kier molecular flexibility index (Phi) is 2.79. The molecule has 0 aliphatic rings. The van der Waals surface area contributed by atoms with Crippen molar-refractivity contribution < 1.29 is 0 Å². The quantitative estimate of drug-likeness (QED) is 0.551. The van der Waals surface area contributed by atoms with Crippen molar-refractivity contribution in [3.8, 4) is 0 Å². The maximum atomic E-state index is 5.79. The number of pyridine rings is 1. The first-order valence-corrected chi connectivity index (χ1v) is 7.38. The van der Waals surface area contributed by atoms with E-state index in [9.17, 15) is 0 Å². The van der Waals surface area contributed by atoms with Gasteiger partial charge in [-0.25, -0.2) is 9.97 Å². The summed E-state index contributed by atoms with van der Waals surface area (Å²) >= 11 is 1.53. The van der Waals surface area contributed by atoms with Gasteiger partial charge >= 0.3 is 0 Å². The summed E-state index contributed by atoms with van der Waals surface area (Å²) in [6.07, 6.45) is 1.82. The number of nitrogens with two attached hydrogens (primary N) is 1. The van der Waals surface area contributed by atoms with Gasteiger partial charge in [0.05, 0.1) is 11.0 Å². The van der Waals surface area contributed by atoms with Gasteiger partial charge in [-0.2, -0.15) is 0 Å². The number of hydrogen-bond acceptors (Lipinski definition) is 4. The number of aromatic nitrogens is 3. The second-order valence-electron chi connectivity index (χ2n) is 4.76. The lowest BCUT2D eigenvalue weighted by Gasteiger charge is -2.02. The van der Waals surface area contributed by atoms with Crippen LogP contribution in [0, 0.1) is 0 Å². The molecule has 0 amide bonds. The normalized spacial score (nSPS) is 11.2. The molecule has 5 heteroatoms. The molecule has 3 N–H and O–H groups in total. The summed E-state index contributed by atoms with van der Waals surface area (Å²) in [6.45, 7) is 0. The van der Waals surface area contributed by atoms with Gasteiger partial charge in [0.25, 0.3) is 0 Å². The Labute approximate surface area is 125 Å². The maximum Gasteiger partial charge on any atom is 0.172 e. The van der Waals surface area contributed by atoms with Crippen LogP contribution in [0.5, 0.6) is 0 Å². The van der Waals surface area contributed by atoms with Crippen molar-refractivity contribution in [1.82, 2.24) is 15.0 Å². The number of aromatic amines is 1. The molecule has 0 radical (unpaired) electrons. The monoisotopic (exact) mass is 292 g/mol. The molecule has 0 aliphatic carbocycles. The highest BCUT2D eigenvalue weighted by Crippen LogP contribution is 2.31. The number of fused-ring (bicyclic) bond motifs is 2. The fourth-order valence-electron chi connectivity index (χ4n) is 2.32. The highest BCUT2D eigenvalue weighted by atomic mass is 32.2. The second-order valence-corrected chi connectivity index (χ2v) is 5.74. The number of nitrogen functional groups attached to an aromatic ring is 1. The molecule has 0 aliphatic heterocycles. The van der Waals surface area contributed by atoms with E-state index in [1.54, 1.807) is 0 Å². The average Bonchev–Trinajstić information content (AvgIpc) is 2.89. The molecule has 0 spiro atoms. The van der Waals surface area contributed by atoms with Gasteiger partial charge in [0.2, 0.25) is 0 Å². The molecule has 21 heavy (non-hydrogen) atoms. The second kappa shape index (κ2) is 4.79. The average molecular weight is 292 g/mol. The van der Waals surface area contributed by atoms with Crippen LogP contribution in [0.15, 0.2) is 64.9 Å². The van der Waals surface area contributed by atoms with Crippen LogP contribution in [-0.4, -0.2) is 15.0 Å². The first-order chi connectivity index (χ1) is 10.3. The van der Waals surface area contributed by atoms with Gasteiger partial charge in [0.15, 0.2) is 5.16 Å². The fraction of sp³-hybridized carbons (Fsp3) is 0. The molecule has 2 aromatic heterocycles. The number of benzene rings is 2. The summed E-state index contributed by atoms with van der Waals surface area (Å²) in [5.74, 6) is 0. The van der Waals surface area contributed by atoms with Crippen molar-refractivity contribution in [3.63, 3.8) is 0 Å². The van der Waals surface area contributed by atoms with E-state index in [-0.39, 0.29) is 0 Å². The van der Waals surface area contributed by atoms with Gasteiger partial charge < -0.3 is 10.7 Å². The third-order valence-corrected chi connectivity index (χ3v) is 4.22. The van der Waals surface area contributed by atoms with E-state index in [2.05, 4.69) is 27.1 Å². The molecule has 4 aromatic rings. The van der Waals surface area contributed by atoms with Gasteiger partial charge in [0.1, 0.15) is 5.03 Å². The molecular weight excluding hydrogens is 280 g/mol. The van der Waals surface area contributed by atoms with Crippen molar-refractivity contribution in [2.24, 2.45) is 0 Å². The van der Waals surface area contributed by atoms with E-state index in [1.165, 1.54) is 17.1 Å². The summed E-state index contributed by atoms with van der Waals surface area (Å²) in [5.41, 5.74) is 8.37. The van der Waals surface area contributed by atoms with E-state index >= 15 is 0 Å². The molecule has 0 fully saturated rings. The van der Waals surface area contributed by atoms with Gasteiger partial charge in [-0.15, -0.1) is 0 Å². The first kappa shape index (κ1) is 12.2. The Hall–Kier alpha value is -2.53. The SMILES string of the molecule is Nc1ccc2nc(Sc3nccc4ccccc34)[nH]c2c1. The van der Waals surface area contributed by atoms with Crippen LogP contribution >= 0.6 is 11.8 Å². The van der Waals surface area contributed by atoms with Gasteiger partial charge in [-0.3, -0.25) is 0 Å². The molecule has 0 saturated carbocycles. The molecule has 2 aromatic carbocycles. The zero-order valence-electron chi connectivity index (χ0n) is 11.1. The maximum absolute atomic E-state index is 5.79. The lowest BCUT2D eigenvalue weighted by atomic mass is 10.2. The molecule has 0 bridgehead atoms. The molecule has 2 heterocycles. The fourth-order valence-corrected chi connectivity index (χ4v) is 3.21. The lowest BCUT2D eigenvalue weighted by molar-refractivity contribution is 1.07.